The second-order valence-electron chi connectivity index (χ2n) is 11.1. The number of aliphatic hydroxyl groups excluding tert-OH is 1. The van der Waals surface area contributed by atoms with Crippen LogP contribution >= 0.6 is 0 Å². The van der Waals surface area contributed by atoms with E-state index in [1.807, 2.05) is 0 Å². The van der Waals surface area contributed by atoms with Gasteiger partial charge in [-0.25, -0.2) is 0 Å². The van der Waals surface area contributed by atoms with Crippen LogP contribution in [0.2, 0.25) is 0 Å². The van der Waals surface area contributed by atoms with Crippen LogP contribution in [0.4, 0.5) is 0 Å². The molecule has 0 aromatic heterocycles. The molecule has 0 spiro atoms. The zero-order valence-corrected chi connectivity index (χ0v) is 23.5. The second-order valence-corrected chi connectivity index (χ2v) is 11.1. The Balaban J connectivity index is 3.78. The Hall–Kier alpha value is -0.0400. The van der Waals surface area contributed by atoms with Crippen molar-refractivity contribution >= 4 is 0 Å². The molecule has 0 fully saturated rings. The zero-order valence-electron chi connectivity index (χ0n) is 23.5. The molecule has 0 bridgehead atoms. The second kappa shape index (κ2) is 30.0. The van der Waals surface area contributed by atoms with Gasteiger partial charge in [0.05, 0.1) is 0 Å². The van der Waals surface area contributed by atoms with Gasteiger partial charge in [-0.1, -0.05) is 187 Å². The Labute approximate surface area is 211 Å². The van der Waals surface area contributed by atoms with Crippen LogP contribution in [-0.4, -0.2) is 11.7 Å². The highest BCUT2D eigenvalue weighted by atomic mass is 16.2. The third-order valence-corrected chi connectivity index (χ3v) is 7.70. The fourth-order valence-corrected chi connectivity index (χ4v) is 5.35. The lowest BCUT2D eigenvalue weighted by Gasteiger charge is -2.17. The smallest absolute Gasteiger partial charge is 0.0431 e. The minimum Gasteiger partial charge on any atom is -0.396 e. The lowest BCUT2D eigenvalue weighted by atomic mass is 9.89. The Kier molecular flexibility index (Phi) is 30.0. The van der Waals surface area contributed by atoms with Crippen LogP contribution < -0.4 is 0 Å². The van der Waals surface area contributed by atoms with Gasteiger partial charge in [0.2, 0.25) is 0 Å². The SMILES string of the molecule is CCCCCCCCCCCC(CCCCCCCC)CCCCCCCCCCCCO. The van der Waals surface area contributed by atoms with Crippen LogP contribution in [0.15, 0.2) is 0 Å². The van der Waals surface area contributed by atoms with E-state index in [4.69, 9.17) is 5.11 Å². The molecule has 0 saturated carbocycles. The average molecular weight is 467 g/mol. The van der Waals surface area contributed by atoms with Crippen molar-refractivity contribution < 1.29 is 5.11 Å². The number of hydrogen-bond acceptors (Lipinski definition) is 1. The van der Waals surface area contributed by atoms with Crippen LogP contribution in [0.25, 0.3) is 0 Å². The highest BCUT2D eigenvalue weighted by molar-refractivity contribution is 4.62. The Morgan fingerprint density at radius 1 is 0.333 bits per heavy atom. The van der Waals surface area contributed by atoms with Gasteiger partial charge in [0.1, 0.15) is 0 Å². The van der Waals surface area contributed by atoms with E-state index in [-0.39, 0.29) is 0 Å². The fraction of sp³-hybridized carbons (Fsp3) is 1.00. The van der Waals surface area contributed by atoms with Gasteiger partial charge in [-0.05, 0) is 12.3 Å². The lowest BCUT2D eigenvalue weighted by molar-refractivity contribution is 0.282. The maximum absolute atomic E-state index is 8.84. The first kappa shape index (κ1) is 33.0. The highest BCUT2D eigenvalue weighted by Gasteiger charge is 2.09. The summed E-state index contributed by atoms with van der Waals surface area (Å²) in [5, 5.41) is 8.84. The molecule has 0 heterocycles. The normalized spacial score (nSPS) is 12.5. The molecule has 1 N–H and O–H groups in total. The maximum Gasteiger partial charge on any atom is 0.0431 e. The number of hydrogen-bond donors (Lipinski definition) is 1. The van der Waals surface area contributed by atoms with E-state index >= 15 is 0 Å². The van der Waals surface area contributed by atoms with Gasteiger partial charge in [0.15, 0.2) is 0 Å². The van der Waals surface area contributed by atoms with Gasteiger partial charge in [-0.15, -0.1) is 0 Å². The first-order valence-electron chi connectivity index (χ1n) is 16.0. The zero-order chi connectivity index (χ0) is 24.1. The van der Waals surface area contributed by atoms with Crippen molar-refractivity contribution in [3.8, 4) is 0 Å². The predicted octanol–water partition coefficient (Wildman–Crippen LogP) is 11.6. The summed E-state index contributed by atoms with van der Waals surface area (Å²) in [4.78, 5) is 0. The first-order chi connectivity index (χ1) is 16.3. The van der Waals surface area contributed by atoms with Gasteiger partial charge in [0.25, 0.3) is 0 Å². The Morgan fingerprint density at radius 3 is 0.848 bits per heavy atom. The third-order valence-electron chi connectivity index (χ3n) is 7.70. The summed E-state index contributed by atoms with van der Waals surface area (Å²) in [6.45, 7) is 5.01. The summed E-state index contributed by atoms with van der Waals surface area (Å²) in [6, 6.07) is 0. The summed E-state index contributed by atoms with van der Waals surface area (Å²) in [5.74, 6) is 1.02. The fourth-order valence-electron chi connectivity index (χ4n) is 5.35. The number of rotatable bonds is 29. The molecule has 0 aliphatic heterocycles. The van der Waals surface area contributed by atoms with Crippen molar-refractivity contribution in [1.82, 2.24) is 0 Å². The maximum atomic E-state index is 8.84. The van der Waals surface area contributed by atoms with E-state index in [9.17, 15) is 0 Å². The molecular formula is C32H66O. The van der Waals surface area contributed by atoms with E-state index in [0.29, 0.717) is 6.61 Å². The summed E-state index contributed by atoms with van der Waals surface area (Å²) in [7, 11) is 0. The Morgan fingerprint density at radius 2 is 0.576 bits per heavy atom. The van der Waals surface area contributed by atoms with Crippen molar-refractivity contribution in [3.63, 3.8) is 0 Å². The van der Waals surface area contributed by atoms with Crippen LogP contribution in [-0.2, 0) is 0 Å². The molecule has 1 unspecified atom stereocenters. The van der Waals surface area contributed by atoms with Crippen molar-refractivity contribution in [2.75, 3.05) is 6.61 Å². The highest BCUT2D eigenvalue weighted by Crippen LogP contribution is 2.25. The van der Waals surface area contributed by atoms with Crippen LogP contribution in [0.1, 0.15) is 194 Å². The summed E-state index contributed by atoms with van der Waals surface area (Å²) < 4.78 is 0. The molecule has 0 aromatic rings. The lowest BCUT2D eigenvalue weighted by Crippen LogP contribution is -2.01. The molecule has 0 saturated heterocycles. The van der Waals surface area contributed by atoms with E-state index < -0.39 is 0 Å². The van der Waals surface area contributed by atoms with E-state index in [2.05, 4.69) is 13.8 Å². The monoisotopic (exact) mass is 467 g/mol. The van der Waals surface area contributed by atoms with Gasteiger partial charge in [-0.2, -0.15) is 0 Å². The molecule has 1 atom stereocenters. The summed E-state index contributed by atoms with van der Waals surface area (Å²) in [6.07, 6.45) is 40.0. The van der Waals surface area contributed by atoms with Crippen molar-refractivity contribution in [3.05, 3.63) is 0 Å². The van der Waals surface area contributed by atoms with Gasteiger partial charge in [-0.3, -0.25) is 0 Å². The third kappa shape index (κ3) is 28.1. The first-order valence-corrected chi connectivity index (χ1v) is 16.0. The molecular weight excluding hydrogens is 400 g/mol. The summed E-state index contributed by atoms with van der Waals surface area (Å²) >= 11 is 0. The number of unbranched alkanes of at least 4 members (excludes halogenated alkanes) is 22. The summed E-state index contributed by atoms with van der Waals surface area (Å²) in [5.41, 5.74) is 0. The van der Waals surface area contributed by atoms with E-state index in [1.54, 1.807) is 0 Å². The van der Waals surface area contributed by atoms with Gasteiger partial charge in [0, 0.05) is 6.61 Å². The van der Waals surface area contributed by atoms with Crippen LogP contribution in [0.5, 0.6) is 0 Å². The van der Waals surface area contributed by atoms with Crippen molar-refractivity contribution in [1.29, 1.82) is 0 Å². The molecule has 200 valence electrons. The standard InChI is InChI=1S/C32H66O/c1-3-5-7-9-11-14-17-21-25-29-32(28-24-20-10-8-6-4-2)30-26-22-18-15-12-13-16-19-23-27-31-33/h32-33H,3-31H2,1-2H3. The average Bonchev–Trinajstić information content (AvgIpc) is 2.83. The van der Waals surface area contributed by atoms with E-state index in [0.717, 1.165) is 12.3 Å². The van der Waals surface area contributed by atoms with Crippen LogP contribution in [0.3, 0.4) is 0 Å². The molecule has 0 rings (SSSR count). The largest absolute Gasteiger partial charge is 0.396 e. The van der Waals surface area contributed by atoms with Gasteiger partial charge < -0.3 is 5.11 Å². The predicted molar refractivity (Wildman–Crippen MR) is 151 cm³/mol. The molecule has 0 radical (unpaired) electrons. The van der Waals surface area contributed by atoms with Crippen molar-refractivity contribution in [2.24, 2.45) is 5.92 Å². The van der Waals surface area contributed by atoms with Gasteiger partial charge >= 0.3 is 0 Å². The molecule has 1 nitrogen and oxygen atoms in total. The molecule has 33 heavy (non-hydrogen) atoms. The number of aliphatic hydroxyl groups is 1. The quantitative estimate of drug-likeness (QED) is 0.109. The molecule has 0 aliphatic rings. The molecule has 0 amide bonds. The minimum absolute atomic E-state index is 0.374. The minimum atomic E-state index is 0.374. The van der Waals surface area contributed by atoms with Crippen molar-refractivity contribution in [2.45, 2.75) is 194 Å². The topological polar surface area (TPSA) is 20.2 Å². The van der Waals surface area contributed by atoms with Crippen LogP contribution in [0, 0.1) is 5.92 Å². The molecule has 0 aromatic carbocycles. The molecule has 1 heteroatoms. The van der Waals surface area contributed by atoms with E-state index in [1.165, 1.54) is 173 Å². The molecule has 0 aliphatic carbocycles. The Bertz CT molecular complexity index is 326.